The van der Waals surface area contributed by atoms with Gasteiger partial charge in [0.2, 0.25) is 5.78 Å². The number of nitrogens with zero attached hydrogens (tertiary/aromatic N) is 2. The zero-order chi connectivity index (χ0) is 20.1. The van der Waals surface area contributed by atoms with Crippen molar-refractivity contribution in [2.45, 2.75) is 4.90 Å². The number of halogens is 1. The third-order valence-electron chi connectivity index (χ3n) is 3.89. The van der Waals surface area contributed by atoms with E-state index in [0.717, 1.165) is 10.6 Å². The number of nitriles is 1. The molecule has 0 radical (unpaired) electrons. The summed E-state index contributed by atoms with van der Waals surface area (Å²) < 4.78 is 10.2. The Balaban J connectivity index is 1.60. The minimum Gasteiger partial charge on any atom is -0.480 e. The number of ether oxygens (including phenoxy) is 2. The maximum atomic E-state index is 12.4. The molecular weight excluding hydrogens is 400 g/mol. The number of esters is 1. The SMILES string of the molecule is CN1/C(=C(\C#N)C(=O)COC(=O)COc2ccccc2Cl)Sc2ccccc21. The predicted octanol–water partition coefficient (Wildman–Crippen LogP) is 3.81. The van der Waals surface area contributed by atoms with Crippen LogP contribution in [0.1, 0.15) is 0 Å². The average molecular weight is 415 g/mol. The molecule has 6 nitrogen and oxygen atoms in total. The summed E-state index contributed by atoms with van der Waals surface area (Å²) in [5.74, 6) is -0.962. The van der Waals surface area contributed by atoms with Gasteiger partial charge in [-0.05, 0) is 24.3 Å². The molecule has 28 heavy (non-hydrogen) atoms. The highest BCUT2D eigenvalue weighted by Gasteiger charge is 2.28. The molecule has 142 valence electrons. The van der Waals surface area contributed by atoms with E-state index >= 15 is 0 Å². The van der Waals surface area contributed by atoms with E-state index in [1.807, 2.05) is 30.3 Å². The van der Waals surface area contributed by atoms with Crippen molar-refractivity contribution < 1.29 is 19.1 Å². The summed E-state index contributed by atoms with van der Waals surface area (Å²) in [5, 5.41) is 10.3. The molecular formula is C20H15ClN2O4S. The molecule has 2 aromatic rings. The number of rotatable bonds is 6. The van der Waals surface area contributed by atoms with Gasteiger partial charge in [-0.2, -0.15) is 5.26 Å². The van der Waals surface area contributed by atoms with E-state index in [2.05, 4.69) is 0 Å². The van der Waals surface area contributed by atoms with Crippen molar-refractivity contribution in [2.75, 3.05) is 25.2 Å². The van der Waals surface area contributed by atoms with Gasteiger partial charge >= 0.3 is 5.97 Å². The molecule has 0 aliphatic carbocycles. The number of benzene rings is 2. The molecule has 1 aliphatic heterocycles. The summed E-state index contributed by atoms with van der Waals surface area (Å²) in [6.45, 7) is -0.933. The van der Waals surface area contributed by atoms with Crippen molar-refractivity contribution >= 4 is 40.8 Å². The van der Waals surface area contributed by atoms with Crippen molar-refractivity contribution in [1.82, 2.24) is 0 Å². The van der Waals surface area contributed by atoms with Crippen molar-refractivity contribution in [1.29, 1.82) is 5.26 Å². The number of thioether (sulfide) groups is 1. The van der Waals surface area contributed by atoms with Gasteiger partial charge < -0.3 is 14.4 Å². The predicted molar refractivity (Wildman–Crippen MR) is 106 cm³/mol. The van der Waals surface area contributed by atoms with Crippen molar-refractivity contribution in [2.24, 2.45) is 0 Å². The molecule has 2 aromatic carbocycles. The third kappa shape index (κ3) is 4.30. The van der Waals surface area contributed by atoms with E-state index in [1.165, 1.54) is 11.8 Å². The fourth-order valence-electron chi connectivity index (χ4n) is 2.51. The van der Waals surface area contributed by atoms with Crippen LogP contribution in [0.4, 0.5) is 5.69 Å². The standard InChI is InChI=1S/C20H15ClN2O4S/c1-23-15-7-3-5-9-18(15)28-20(23)13(10-22)16(24)11-27-19(25)12-26-17-8-4-2-6-14(17)21/h2-9H,11-12H2,1H3/b20-13-. The molecule has 3 rings (SSSR count). The number of hydrogen-bond donors (Lipinski definition) is 0. The number of fused-ring (bicyclic) bond motifs is 1. The van der Waals surface area contributed by atoms with Gasteiger partial charge in [0.15, 0.2) is 13.2 Å². The summed E-state index contributed by atoms with van der Waals surface area (Å²) >= 11 is 7.27. The van der Waals surface area contributed by atoms with Gasteiger partial charge in [-0.3, -0.25) is 4.79 Å². The summed E-state index contributed by atoms with van der Waals surface area (Å²) in [6.07, 6.45) is 0. The number of carbonyl (C=O) groups excluding carboxylic acids is 2. The van der Waals surface area contributed by atoms with Crippen LogP contribution in [0.15, 0.2) is 64.0 Å². The minimum atomic E-state index is -0.730. The Bertz CT molecular complexity index is 1000. The summed E-state index contributed by atoms with van der Waals surface area (Å²) in [6, 6.07) is 16.2. The van der Waals surface area contributed by atoms with Crippen molar-refractivity contribution in [3.63, 3.8) is 0 Å². The Labute approximate surface area is 171 Å². The summed E-state index contributed by atoms with van der Waals surface area (Å²) in [4.78, 5) is 27.0. The Morgan fingerprint density at radius 2 is 1.86 bits per heavy atom. The second-order valence-electron chi connectivity index (χ2n) is 5.72. The smallest absolute Gasteiger partial charge is 0.344 e. The maximum absolute atomic E-state index is 12.4. The molecule has 0 aromatic heterocycles. The molecule has 0 N–H and O–H groups in total. The normalized spacial score (nSPS) is 14.1. The number of hydrogen-bond acceptors (Lipinski definition) is 7. The molecule has 0 saturated heterocycles. The monoisotopic (exact) mass is 414 g/mol. The second-order valence-corrected chi connectivity index (χ2v) is 7.16. The van der Waals surface area contributed by atoms with Crippen LogP contribution >= 0.6 is 23.4 Å². The number of Topliss-reactive ketones (excluding diaryl/α,β-unsaturated/α-hetero) is 1. The van der Waals surface area contributed by atoms with Gasteiger partial charge in [0.05, 0.1) is 10.7 Å². The number of ketones is 1. The number of para-hydroxylation sites is 2. The first-order valence-electron chi connectivity index (χ1n) is 8.22. The van der Waals surface area contributed by atoms with Gasteiger partial charge in [-0.25, -0.2) is 4.79 Å². The lowest BCUT2D eigenvalue weighted by Crippen LogP contribution is -2.22. The van der Waals surface area contributed by atoms with Crippen LogP contribution in [0, 0.1) is 11.3 Å². The minimum absolute atomic E-state index is 0.0523. The Hall–Kier alpha value is -2.95. The lowest BCUT2D eigenvalue weighted by Gasteiger charge is -2.14. The van der Waals surface area contributed by atoms with E-state index < -0.39 is 25.0 Å². The first-order valence-corrected chi connectivity index (χ1v) is 9.42. The second kappa shape index (κ2) is 8.83. The molecule has 0 bridgehead atoms. The van der Waals surface area contributed by atoms with Crippen LogP contribution < -0.4 is 9.64 Å². The molecule has 1 aliphatic rings. The van der Waals surface area contributed by atoms with E-state index in [-0.39, 0.29) is 5.57 Å². The fraction of sp³-hybridized carbons (Fsp3) is 0.150. The molecule has 0 fully saturated rings. The average Bonchev–Trinajstić information content (AvgIpc) is 3.03. The topological polar surface area (TPSA) is 79.6 Å². The quantitative estimate of drug-likeness (QED) is 0.404. The van der Waals surface area contributed by atoms with E-state index in [4.69, 9.17) is 21.1 Å². The third-order valence-corrected chi connectivity index (χ3v) is 5.44. The lowest BCUT2D eigenvalue weighted by atomic mass is 10.2. The molecule has 1 heterocycles. The van der Waals surface area contributed by atoms with Crippen LogP contribution in [0.5, 0.6) is 5.75 Å². The van der Waals surface area contributed by atoms with Crippen molar-refractivity contribution in [3.8, 4) is 11.8 Å². The molecule has 0 atom stereocenters. The number of carbonyl (C=O) groups is 2. The van der Waals surface area contributed by atoms with Gasteiger partial charge in [-0.1, -0.05) is 47.6 Å². The lowest BCUT2D eigenvalue weighted by molar-refractivity contribution is -0.149. The summed E-state index contributed by atoms with van der Waals surface area (Å²) in [7, 11) is 1.78. The Morgan fingerprint density at radius 1 is 1.14 bits per heavy atom. The Kier molecular flexibility index (Phi) is 6.24. The van der Waals surface area contributed by atoms with E-state index in [1.54, 1.807) is 36.2 Å². The highest BCUT2D eigenvalue weighted by Crippen LogP contribution is 2.46. The van der Waals surface area contributed by atoms with Gasteiger partial charge in [0.1, 0.15) is 22.4 Å². The van der Waals surface area contributed by atoms with Crippen LogP contribution in [-0.4, -0.2) is 32.0 Å². The molecule has 0 spiro atoms. The van der Waals surface area contributed by atoms with Crippen molar-refractivity contribution in [3.05, 3.63) is 64.2 Å². The highest BCUT2D eigenvalue weighted by atomic mass is 35.5. The molecule has 0 amide bonds. The highest BCUT2D eigenvalue weighted by molar-refractivity contribution is 8.03. The van der Waals surface area contributed by atoms with Crippen LogP contribution in [0.2, 0.25) is 5.02 Å². The van der Waals surface area contributed by atoms with Crippen LogP contribution in [-0.2, 0) is 14.3 Å². The largest absolute Gasteiger partial charge is 0.480 e. The van der Waals surface area contributed by atoms with Crippen LogP contribution in [0.25, 0.3) is 0 Å². The molecule has 8 heteroatoms. The zero-order valence-corrected chi connectivity index (χ0v) is 16.4. The first-order chi connectivity index (χ1) is 13.5. The first kappa shape index (κ1) is 19.8. The molecule has 0 unspecified atom stereocenters. The van der Waals surface area contributed by atoms with Gasteiger partial charge in [0, 0.05) is 11.9 Å². The Morgan fingerprint density at radius 3 is 2.57 bits per heavy atom. The van der Waals surface area contributed by atoms with Gasteiger partial charge in [0.25, 0.3) is 0 Å². The number of anilines is 1. The van der Waals surface area contributed by atoms with E-state index in [0.29, 0.717) is 15.8 Å². The maximum Gasteiger partial charge on any atom is 0.344 e. The molecule has 0 saturated carbocycles. The zero-order valence-electron chi connectivity index (χ0n) is 14.8. The summed E-state index contributed by atoms with van der Waals surface area (Å²) in [5.41, 5.74) is 0.858. The van der Waals surface area contributed by atoms with E-state index in [9.17, 15) is 14.9 Å². The van der Waals surface area contributed by atoms with Crippen LogP contribution in [0.3, 0.4) is 0 Å². The van der Waals surface area contributed by atoms with Gasteiger partial charge in [-0.15, -0.1) is 0 Å². The fourth-order valence-corrected chi connectivity index (χ4v) is 3.86.